The maximum absolute atomic E-state index is 6.07. The standard InChI is InChI=1S/C27H20OS2/c1-28-27-25-19(10-8-16-23(25)29-21-12-4-2-5-13-21)18-20-11-9-17-24(26(20)27)30-22-14-6-3-7-15-22/h2-18H,1H3. The highest BCUT2D eigenvalue weighted by molar-refractivity contribution is 7.99. The van der Waals surface area contributed by atoms with Crippen molar-refractivity contribution in [3.05, 3.63) is 103 Å². The van der Waals surface area contributed by atoms with Gasteiger partial charge in [-0.15, -0.1) is 0 Å². The number of ether oxygens (including phenoxy) is 1. The molecule has 0 aliphatic rings. The highest BCUT2D eigenvalue weighted by Crippen LogP contribution is 2.46. The molecule has 0 N–H and O–H groups in total. The van der Waals surface area contributed by atoms with Crippen molar-refractivity contribution < 1.29 is 4.74 Å². The Balaban J connectivity index is 1.74. The molecule has 30 heavy (non-hydrogen) atoms. The van der Waals surface area contributed by atoms with Gasteiger partial charge in [0.05, 0.1) is 7.11 Å². The van der Waals surface area contributed by atoms with Crippen LogP contribution in [-0.4, -0.2) is 7.11 Å². The van der Waals surface area contributed by atoms with Gasteiger partial charge in [-0.3, -0.25) is 0 Å². The molecule has 1 nitrogen and oxygen atoms in total. The topological polar surface area (TPSA) is 9.23 Å². The molecule has 0 aromatic heterocycles. The third-order valence-corrected chi connectivity index (χ3v) is 7.16. The summed E-state index contributed by atoms with van der Waals surface area (Å²) >= 11 is 3.56. The average molecular weight is 425 g/mol. The molecule has 5 aromatic rings. The molecule has 0 aliphatic carbocycles. The van der Waals surface area contributed by atoms with E-state index in [4.69, 9.17) is 4.74 Å². The second-order valence-corrected chi connectivity index (χ2v) is 9.18. The molecular weight excluding hydrogens is 404 g/mol. The first-order chi connectivity index (χ1) is 14.8. The average Bonchev–Trinajstić information content (AvgIpc) is 2.79. The fraction of sp³-hybridized carbons (Fsp3) is 0.0370. The quantitative estimate of drug-likeness (QED) is 0.263. The summed E-state index contributed by atoms with van der Waals surface area (Å²) < 4.78 is 6.07. The van der Waals surface area contributed by atoms with Crippen molar-refractivity contribution in [1.29, 1.82) is 0 Å². The molecule has 0 aliphatic heterocycles. The maximum Gasteiger partial charge on any atom is 0.136 e. The summed E-state index contributed by atoms with van der Waals surface area (Å²) in [4.78, 5) is 4.85. The number of rotatable bonds is 5. The zero-order chi connectivity index (χ0) is 20.3. The van der Waals surface area contributed by atoms with E-state index in [1.54, 1.807) is 30.6 Å². The van der Waals surface area contributed by atoms with Crippen LogP contribution in [0.15, 0.2) is 123 Å². The molecular formula is C27H20OS2. The van der Waals surface area contributed by atoms with Gasteiger partial charge >= 0.3 is 0 Å². The first-order valence-electron chi connectivity index (χ1n) is 9.82. The molecule has 3 heteroatoms. The van der Waals surface area contributed by atoms with Gasteiger partial charge in [0, 0.05) is 30.4 Å². The van der Waals surface area contributed by atoms with Crippen LogP contribution < -0.4 is 4.74 Å². The molecule has 0 bridgehead atoms. The minimum absolute atomic E-state index is 0.945. The van der Waals surface area contributed by atoms with Crippen LogP contribution in [0.1, 0.15) is 0 Å². The first kappa shape index (κ1) is 19.1. The normalized spacial score (nSPS) is 11.1. The monoisotopic (exact) mass is 424 g/mol. The molecule has 0 radical (unpaired) electrons. The van der Waals surface area contributed by atoms with E-state index in [1.165, 1.54) is 41.1 Å². The SMILES string of the molecule is COc1c2c(Sc3ccccc3)cccc2cc2cccc(Sc3ccccc3)c12. The molecule has 0 fully saturated rings. The van der Waals surface area contributed by atoms with Crippen molar-refractivity contribution in [3.8, 4) is 5.75 Å². The Bertz CT molecular complexity index is 1220. The Labute approximate surface area is 185 Å². The summed E-state index contributed by atoms with van der Waals surface area (Å²) in [5.74, 6) is 0.945. The van der Waals surface area contributed by atoms with E-state index in [-0.39, 0.29) is 0 Å². The van der Waals surface area contributed by atoms with E-state index in [2.05, 4.69) is 91.0 Å². The van der Waals surface area contributed by atoms with Gasteiger partial charge in [0.1, 0.15) is 5.75 Å². The predicted octanol–water partition coefficient (Wildman–Crippen LogP) is 8.30. The Morgan fingerprint density at radius 2 is 1.00 bits per heavy atom. The Morgan fingerprint density at radius 1 is 0.533 bits per heavy atom. The lowest BCUT2D eigenvalue weighted by Gasteiger charge is -2.16. The van der Waals surface area contributed by atoms with Crippen LogP contribution in [0.2, 0.25) is 0 Å². The molecule has 0 spiro atoms. The van der Waals surface area contributed by atoms with Gasteiger partial charge in [0.15, 0.2) is 0 Å². The molecule has 0 amide bonds. The first-order valence-corrected chi connectivity index (χ1v) is 11.4. The van der Waals surface area contributed by atoms with E-state index >= 15 is 0 Å². The summed E-state index contributed by atoms with van der Waals surface area (Å²) in [5.41, 5.74) is 0. The van der Waals surface area contributed by atoms with E-state index in [0.29, 0.717) is 0 Å². The summed E-state index contributed by atoms with van der Waals surface area (Å²) in [5, 5.41) is 4.73. The Morgan fingerprint density at radius 3 is 1.43 bits per heavy atom. The van der Waals surface area contributed by atoms with E-state index in [1.807, 2.05) is 12.1 Å². The van der Waals surface area contributed by atoms with Gasteiger partial charge in [-0.25, -0.2) is 0 Å². The lowest BCUT2D eigenvalue weighted by Crippen LogP contribution is -1.91. The lowest BCUT2D eigenvalue weighted by atomic mass is 10.0. The lowest BCUT2D eigenvalue weighted by molar-refractivity contribution is 0.423. The highest BCUT2D eigenvalue weighted by atomic mass is 32.2. The minimum atomic E-state index is 0.945. The van der Waals surface area contributed by atoms with Gasteiger partial charge in [0.25, 0.3) is 0 Å². The van der Waals surface area contributed by atoms with Crippen LogP contribution in [0.25, 0.3) is 21.5 Å². The number of hydrogen-bond donors (Lipinski definition) is 0. The smallest absolute Gasteiger partial charge is 0.136 e. The van der Waals surface area contributed by atoms with Crippen LogP contribution in [0.3, 0.4) is 0 Å². The number of benzene rings is 5. The van der Waals surface area contributed by atoms with Crippen molar-refractivity contribution in [1.82, 2.24) is 0 Å². The van der Waals surface area contributed by atoms with Crippen LogP contribution in [-0.2, 0) is 0 Å². The van der Waals surface area contributed by atoms with Gasteiger partial charge in [-0.05, 0) is 53.2 Å². The largest absolute Gasteiger partial charge is 0.495 e. The summed E-state index contributed by atoms with van der Waals surface area (Å²) in [6.45, 7) is 0. The van der Waals surface area contributed by atoms with E-state index in [9.17, 15) is 0 Å². The molecule has 0 atom stereocenters. The molecule has 0 unspecified atom stereocenters. The maximum atomic E-state index is 6.07. The van der Waals surface area contributed by atoms with Crippen molar-refractivity contribution in [2.45, 2.75) is 19.6 Å². The predicted molar refractivity (Wildman–Crippen MR) is 129 cm³/mol. The Kier molecular flexibility index (Phi) is 5.39. The van der Waals surface area contributed by atoms with Crippen molar-refractivity contribution >= 4 is 45.1 Å². The summed E-state index contributed by atoms with van der Waals surface area (Å²) in [6, 6.07) is 36.2. The molecule has 146 valence electrons. The molecule has 5 rings (SSSR count). The number of fused-ring (bicyclic) bond motifs is 2. The van der Waals surface area contributed by atoms with Crippen molar-refractivity contribution in [3.63, 3.8) is 0 Å². The van der Waals surface area contributed by atoms with Crippen LogP contribution in [0.4, 0.5) is 0 Å². The molecule has 0 saturated carbocycles. The second kappa shape index (κ2) is 8.47. The van der Waals surface area contributed by atoms with E-state index < -0.39 is 0 Å². The van der Waals surface area contributed by atoms with Gasteiger partial charge < -0.3 is 4.74 Å². The fourth-order valence-corrected chi connectivity index (χ4v) is 5.73. The summed E-state index contributed by atoms with van der Waals surface area (Å²) in [7, 11) is 1.78. The van der Waals surface area contributed by atoms with Crippen LogP contribution >= 0.6 is 23.5 Å². The fourth-order valence-electron chi connectivity index (χ4n) is 3.72. The van der Waals surface area contributed by atoms with Gasteiger partial charge in [-0.2, -0.15) is 0 Å². The van der Waals surface area contributed by atoms with Crippen molar-refractivity contribution in [2.75, 3.05) is 7.11 Å². The highest BCUT2D eigenvalue weighted by Gasteiger charge is 2.16. The zero-order valence-electron chi connectivity index (χ0n) is 16.5. The Hall–Kier alpha value is -2.88. The van der Waals surface area contributed by atoms with Crippen LogP contribution in [0.5, 0.6) is 5.75 Å². The van der Waals surface area contributed by atoms with Gasteiger partial charge in [0.2, 0.25) is 0 Å². The number of hydrogen-bond acceptors (Lipinski definition) is 3. The molecule has 0 saturated heterocycles. The van der Waals surface area contributed by atoms with Crippen LogP contribution in [0, 0.1) is 0 Å². The third-order valence-electron chi connectivity index (χ3n) is 5.03. The second-order valence-electron chi connectivity index (χ2n) is 6.95. The third kappa shape index (κ3) is 3.67. The van der Waals surface area contributed by atoms with Gasteiger partial charge in [-0.1, -0.05) is 84.2 Å². The minimum Gasteiger partial charge on any atom is -0.495 e. The van der Waals surface area contributed by atoms with Crippen molar-refractivity contribution in [2.24, 2.45) is 0 Å². The zero-order valence-corrected chi connectivity index (χ0v) is 18.2. The molecule has 5 aromatic carbocycles. The summed E-state index contributed by atoms with van der Waals surface area (Å²) in [6.07, 6.45) is 0. The number of methoxy groups -OCH3 is 1. The molecule has 0 heterocycles. The van der Waals surface area contributed by atoms with E-state index in [0.717, 1.165) is 5.75 Å².